The lowest BCUT2D eigenvalue weighted by molar-refractivity contribution is -0.0884. The monoisotopic (exact) mass is 632 g/mol. The molecule has 226 valence electrons. The van der Waals surface area contributed by atoms with Gasteiger partial charge in [-0.15, -0.1) is 5.10 Å². The molecule has 3 aromatic heterocycles. The van der Waals surface area contributed by atoms with Gasteiger partial charge in [0.15, 0.2) is 11.5 Å². The Kier molecular flexibility index (Phi) is 8.18. The Labute approximate surface area is 255 Å². The number of alkyl halides is 3. The minimum absolute atomic E-state index is 0.258. The number of piperidine rings is 1. The molecule has 43 heavy (non-hydrogen) atoms. The number of carbonyl (C=O) groups excluding carboxylic acids is 1. The average Bonchev–Trinajstić information content (AvgIpc) is 3.73. The number of nitrogens with zero attached hydrogens (tertiary/aromatic N) is 6. The minimum atomic E-state index is -5.01. The molecule has 1 aromatic carbocycles. The number of nitrogen functional groups attached to an aromatic ring is 1. The van der Waals surface area contributed by atoms with Crippen molar-refractivity contribution in [2.75, 3.05) is 30.7 Å². The molecule has 1 aliphatic heterocycles. The second-order valence-corrected chi connectivity index (χ2v) is 11.8. The number of aryl methyl sites for hydroxylation is 1. The fourth-order valence-electron chi connectivity index (χ4n) is 5.46. The Balaban J connectivity index is 1.20. The molecule has 1 aliphatic carbocycles. The summed E-state index contributed by atoms with van der Waals surface area (Å²) in [5.74, 6) is -0.933. The maximum Gasteiger partial charge on any atom is 0.455 e. The molecule has 0 amide bonds. The van der Waals surface area contributed by atoms with E-state index < -0.39 is 23.3 Å². The summed E-state index contributed by atoms with van der Waals surface area (Å²) in [5.41, 5.74) is 7.43. The Hall–Kier alpha value is -3.48. The van der Waals surface area contributed by atoms with E-state index in [1.165, 1.54) is 18.9 Å². The summed E-state index contributed by atoms with van der Waals surface area (Å²) in [6.07, 6.45) is 0.535. The summed E-state index contributed by atoms with van der Waals surface area (Å²) in [4.78, 5) is 27.8. The van der Waals surface area contributed by atoms with Gasteiger partial charge in [0.25, 0.3) is 5.78 Å². The molecule has 9 nitrogen and oxygen atoms in total. The zero-order chi connectivity index (χ0) is 30.3. The predicted molar refractivity (Wildman–Crippen MR) is 159 cm³/mol. The first kappa shape index (κ1) is 29.6. The standard InChI is InChI=1S/C29H29Cl2F3N8O/c30-17-3-7-20(22(31)14-17)23-15-24-39-27(16-9-12-41(13-10-16)19-5-6-19)40-42(24)28(38-23)36-11-1-2-18-4-8-21(26(35)37-18)25(43)29(32,33)34/h3-4,7-8,14-16,19H,1-2,5-6,9-13H2,(H2,35,37)(H,36,38). The van der Waals surface area contributed by atoms with Gasteiger partial charge in [0.05, 0.1) is 16.3 Å². The molecule has 1 saturated carbocycles. The number of hydrogen-bond donors (Lipinski definition) is 2. The van der Waals surface area contributed by atoms with E-state index >= 15 is 0 Å². The number of ketones is 1. The number of likely N-dealkylation sites (tertiary alicyclic amines) is 1. The van der Waals surface area contributed by atoms with E-state index in [0.717, 1.165) is 43.9 Å². The number of pyridine rings is 1. The van der Waals surface area contributed by atoms with Crippen molar-refractivity contribution >= 4 is 46.4 Å². The van der Waals surface area contributed by atoms with Gasteiger partial charge in [-0.3, -0.25) is 4.79 Å². The molecule has 1 saturated heterocycles. The molecule has 0 radical (unpaired) electrons. The third-order valence-corrected chi connectivity index (χ3v) is 8.43. The van der Waals surface area contributed by atoms with Crippen molar-refractivity contribution in [3.05, 3.63) is 63.5 Å². The maximum absolute atomic E-state index is 12.8. The molecule has 2 fully saturated rings. The zero-order valence-corrected chi connectivity index (χ0v) is 24.6. The van der Waals surface area contributed by atoms with Crippen LogP contribution in [0.2, 0.25) is 10.0 Å². The van der Waals surface area contributed by atoms with Crippen LogP contribution in [-0.4, -0.2) is 67.1 Å². The van der Waals surface area contributed by atoms with Crippen molar-refractivity contribution < 1.29 is 18.0 Å². The topological polar surface area (TPSA) is 114 Å². The number of Topliss-reactive ketones (excluding diaryl/α,β-unsaturated/α-hetero) is 1. The second-order valence-electron chi connectivity index (χ2n) is 11.0. The van der Waals surface area contributed by atoms with Crippen LogP contribution in [0.1, 0.15) is 59.9 Å². The number of aromatic nitrogens is 5. The summed E-state index contributed by atoms with van der Waals surface area (Å²) >= 11 is 12.6. The van der Waals surface area contributed by atoms with Gasteiger partial charge in [0.2, 0.25) is 5.95 Å². The third-order valence-electron chi connectivity index (χ3n) is 7.88. The molecular formula is C29H29Cl2F3N8O. The number of carbonyl (C=O) groups is 1. The van der Waals surface area contributed by atoms with Gasteiger partial charge in [-0.25, -0.2) is 15.0 Å². The number of rotatable bonds is 9. The summed E-state index contributed by atoms with van der Waals surface area (Å²) < 4.78 is 40.1. The van der Waals surface area contributed by atoms with Crippen LogP contribution >= 0.6 is 23.2 Å². The highest BCUT2D eigenvalue weighted by atomic mass is 35.5. The average molecular weight is 634 g/mol. The van der Waals surface area contributed by atoms with Gasteiger partial charge in [-0.1, -0.05) is 23.2 Å². The number of nitrogens with two attached hydrogens (primary N) is 1. The van der Waals surface area contributed by atoms with Crippen LogP contribution in [-0.2, 0) is 6.42 Å². The lowest BCUT2D eigenvalue weighted by Gasteiger charge is -2.30. The molecule has 0 atom stereocenters. The van der Waals surface area contributed by atoms with E-state index in [2.05, 4.69) is 15.2 Å². The largest absolute Gasteiger partial charge is 0.455 e. The lowest BCUT2D eigenvalue weighted by atomic mass is 9.96. The molecule has 3 N–H and O–H groups in total. The highest BCUT2D eigenvalue weighted by Gasteiger charge is 2.40. The van der Waals surface area contributed by atoms with Crippen molar-refractivity contribution in [1.82, 2.24) is 29.5 Å². The van der Waals surface area contributed by atoms with Crippen molar-refractivity contribution in [2.45, 2.75) is 56.7 Å². The normalized spacial score (nSPS) is 16.6. The van der Waals surface area contributed by atoms with Gasteiger partial charge < -0.3 is 16.0 Å². The SMILES string of the molecule is Nc1nc(CCCNc2nc(-c3ccc(Cl)cc3Cl)cc3nc(C4CCN(C5CC5)CC4)nn23)ccc1C(=O)C(F)(F)F. The van der Waals surface area contributed by atoms with Crippen LogP contribution in [0.4, 0.5) is 24.9 Å². The molecule has 6 rings (SSSR count). The van der Waals surface area contributed by atoms with Crippen molar-refractivity contribution in [1.29, 1.82) is 0 Å². The van der Waals surface area contributed by atoms with Crippen LogP contribution < -0.4 is 11.1 Å². The Morgan fingerprint density at radius 2 is 1.79 bits per heavy atom. The molecule has 0 bridgehead atoms. The fourth-order valence-corrected chi connectivity index (χ4v) is 5.97. The second kappa shape index (κ2) is 11.9. The summed E-state index contributed by atoms with van der Waals surface area (Å²) in [6, 6.07) is 10.3. The molecule has 2 aliphatic rings. The number of fused-ring (bicyclic) bond motifs is 1. The third kappa shape index (κ3) is 6.56. The van der Waals surface area contributed by atoms with Crippen LogP contribution in [0.3, 0.4) is 0 Å². The number of benzene rings is 1. The van der Waals surface area contributed by atoms with E-state index in [4.69, 9.17) is 44.0 Å². The van der Waals surface area contributed by atoms with E-state index in [1.54, 1.807) is 22.7 Å². The Morgan fingerprint density at radius 3 is 2.47 bits per heavy atom. The van der Waals surface area contributed by atoms with Gasteiger partial charge in [-0.2, -0.15) is 17.7 Å². The van der Waals surface area contributed by atoms with Crippen molar-refractivity contribution in [3.63, 3.8) is 0 Å². The van der Waals surface area contributed by atoms with Gasteiger partial charge in [0, 0.05) is 40.9 Å². The maximum atomic E-state index is 12.8. The van der Waals surface area contributed by atoms with Crippen LogP contribution in [0.15, 0.2) is 36.4 Å². The Morgan fingerprint density at radius 1 is 1.02 bits per heavy atom. The Bertz CT molecular complexity index is 1670. The highest BCUT2D eigenvalue weighted by molar-refractivity contribution is 6.36. The number of anilines is 2. The molecule has 0 spiro atoms. The van der Waals surface area contributed by atoms with E-state index in [9.17, 15) is 18.0 Å². The number of hydrogen-bond acceptors (Lipinski definition) is 8. The molecule has 0 unspecified atom stereocenters. The quantitative estimate of drug-likeness (QED) is 0.165. The van der Waals surface area contributed by atoms with Gasteiger partial charge >= 0.3 is 6.18 Å². The number of nitrogens with one attached hydrogen (secondary N) is 1. The van der Waals surface area contributed by atoms with Gasteiger partial charge in [-0.05, 0) is 81.9 Å². The first-order valence-electron chi connectivity index (χ1n) is 14.1. The predicted octanol–water partition coefficient (Wildman–Crippen LogP) is 6.21. The minimum Gasteiger partial charge on any atom is -0.383 e. The lowest BCUT2D eigenvalue weighted by Crippen LogP contribution is -2.34. The van der Waals surface area contributed by atoms with Crippen LogP contribution in [0, 0.1) is 0 Å². The van der Waals surface area contributed by atoms with E-state index in [0.29, 0.717) is 58.0 Å². The van der Waals surface area contributed by atoms with Crippen LogP contribution in [0.25, 0.3) is 16.9 Å². The zero-order valence-electron chi connectivity index (χ0n) is 23.0. The number of halogens is 5. The van der Waals surface area contributed by atoms with Crippen LogP contribution in [0.5, 0.6) is 0 Å². The smallest absolute Gasteiger partial charge is 0.383 e. The summed E-state index contributed by atoms with van der Waals surface area (Å²) in [5, 5.41) is 9.13. The first-order valence-corrected chi connectivity index (χ1v) is 14.9. The molecular weight excluding hydrogens is 604 g/mol. The van der Waals surface area contributed by atoms with Crippen molar-refractivity contribution in [3.8, 4) is 11.3 Å². The van der Waals surface area contributed by atoms with Gasteiger partial charge in [0.1, 0.15) is 5.82 Å². The van der Waals surface area contributed by atoms with Crippen molar-refractivity contribution in [2.24, 2.45) is 0 Å². The summed E-state index contributed by atoms with van der Waals surface area (Å²) in [6.45, 7) is 2.53. The molecule has 4 aromatic rings. The van der Waals surface area contributed by atoms with E-state index in [-0.39, 0.29) is 5.92 Å². The summed E-state index contributed by atoms with van der Waals surface area (Å²) in [7, 11) is 0. The molecule has 4 heterocycles. The first-order chi connectivity index (χ1) is 20.6. The van der Waals surface area contributed by atoms with E-state index in [1.807, 2.05) is 6.07 Å². The molecule has 14 heteroatoms. The fraction of sp³-hybridized carbons (Fsp3) is 0.414. The highest BCUT2D eigenvalue weighted by Crippen LogP contribution is 2.35.